The molecule has 118 valence electrons. The van der Waals surface area contributed by atoms with Crippen LogP contribution in [-0.4, -0.2) is 33.8 Å². The monoisotopic (exact) mass is 298 g/mol. The van der Waals surface area contributed by atoms with E-state index in [-0.39, 0.29) is 0 Å². The zero-order valence-electron chi connectivity index (χ0n) is 13.6. The fraction of sp³-hybridized carbons (Fsp3) is 0.500. The van der Waals surface area contributed by atoms with Crippen LogP contribution in [0.15, 0.2) is 42.6 Å². The molecule has 0 unspecified atom stereocenters. The van der Waals surface area contributed by atoms with Crippen molar-refractivity contribution in [3.05, 3.63) is 53.9 Å². The Kier molecular flexibility index (Phi) is 4.90. The molecule has 1 N–H and O–H groups in total. The van der Waals surface area contributed by atoms with E-state index in [2.05, 4.69) is 58.6 Å². The zero-order valence-corrected chi connectivity index (χ0v) is 13.6. The molecule has 0 aliphatic carbocycles. The van der Waals surface area contributed by atoms with Gasteiger partial charge in [-0.25, -0.2) is 0 Å². The van der Waals surface area contributed by atoms with Crippen molar-refractivity contribution < 1.29 is 0 Å². The molecule has 3 rings (SSSR count). The third-order valence-corrected chi connectivity index (χ3v) is 4.48. The van der Waals surface area contributed by atoms with Crippen LogP contribution in [0.2, 0.25) is 0 Å². The van der Waals surface area contributed by atoms with Gasteiger partial charge >= 0.3 is 0 Å². The molecule has 0 spiro atoms. The van der Waals surface area contributed by atoms with Gasteiger partial charge in [-0.05, 0) is 24.0 Å². The minimum absolute atomic E-state index is 0.558. The lowest BCUT2D eigenvalue weighted by Gasteiger charge is -2.37. The molecule has 1 aliphatic heterocycles. The molecule has 0 amide bonds. The molecule has 0 radical (unpaired) electrons. The van der Waals surface area contributed by atoms with Crippen molar-refractivity contribution >= 4 is 0 Å². The van der Waals surface area contributed by atoms with E-state index in [4.69, 9.17) is 0 Å². The van der Waals surface area contributed by atoms with E-state index >= 15 is 0 Å². The van der Waals surface area contributed by atoms with Gasteiger partial charge in [0, 0.05) is 45.5 Å². The van der Waals surface area contributed by atoms with E-state index in [1.807, 2.05) is 17.9 Å². The van der Waals surface area contributed by atoms with Crippen molar-refractivity contribution in [3.8, 4) is 0 Å². The predicted molar refractivity (Wildman–Crippen MR) is 89.3 cm³/mol. The van der Waals surface area contributed by atoms with Gasteiger partial charge in [0.25, 0.3) is 0 Å². The van der Waals surface area contributed by atoms with Gasteiger partial charge < -0.3 is 5.32 Å². The summed E-state index contributed by atoms with van der Waals surface area (Å²) in [6.45, 7) is 6.62. The fourth-order valence-electron chi connectivity index (χ4n) is 3.40. The van der Waals surface area contributed by atoms with Crippen molar-refractivity contribution in [1.29, 1.82) is 0 Å². The number of aromatic nitrogens is 2. The van der Waals surface area contributed by atoms with Crippen LogP contribution in [-0.2, 0) is 20.1 Å². The third-order valence-electron chi connectivity index (χ3n) is 4.48. The van der Waals surface area contributed by atoms with Gasteiger partial charge in [0.05, 0.1) is 5.69 Å². The minimum Gasteiger partial charge on any atom is -0.307 e. The Labute approximate surface area is 133 Å². The Morgan fingerprint density at radius 2 is 2.00 bits per heavy atom. The first-order valence-electron chi connectivity index (χ1n) is 8.17. The van der Waals surface area contributed by atoms with Crippen molar-refractivity contribution in [2.45, 2.75) is 32.5 Å². The van der Waals surface area contributed by atoms with Crippen molar-refractivity contribution in [1.82, 2.24) is 20.0 Å². The summed E-state index contributed by atoms with van der Waals surface area (Å²) in [5.41, 5.74) is 2.65. The van der Waals surface area contributed by atoms with Gasteiger partial charge in [0.15, 0.2) is 0 Å². The van der Waals surface area contributed by atoms with Crippen LogP contribution in [0.3, 0.4) is 0 Å². The minimum atomic E-state index is 0.558. The van der Waals surface area contributed by atoms with Gasteiger partial charge in [-0.15, -0.1) is 0 Å². The number of hydrogen-bond acceptors (Lipinski definition) is 3. The summed E-state index contributed by atoms with van der Waals surface area (Å²) in [4.78, 5) is 2.57. The average molecular weight is 298 g/mol. The fourth-order valence-corrected chi connectivity index (χ4v) is 3.40. The lowest BCUT2D eigenvalue weighted by molar-refractivity contribution is 0.141. The Balaban J connectivity index is 1.55. The first-order chi connectivity index (χ1) is 10.7. The molecule has 2 heterocycles. The van der Waals surface area contributed by atoms with E-state index in [9.17, 15) is 0 Å². The number of nitrogens with zero attached hydrogens (tertiary/aromatic N) is 3. The highest BCUT2D eigenvalue weighted by Gasteiger charge is 2.24. The smallest absolute Gasteiger partial charge is 0.0518 e. The molecule has 1 aliphatic rings. The van der Waals surface area contributed by atoms with Crippen LogP contribution < -0.4 is 5.32 Å². The molecule has 1 fully saturated rings. The maximum absolute atomic E-state index is 4.23. The average Bonchev–Trinajstić information content (AvgIpc) is 2.91. The van der Waals surface area contributed by atoms with Gasteiger partial charge in [-0.1, -0.05) is 37.3 Å². The highest BCUT2D eigenvalue weighted by atomic mass is 15.3. The molecule has 4 heteroatoms. The van der Waals surface area contributed by atoms with E-state index in [1.54, 1.807) is 0 Å². The second kappa shape index (κ2) is 7.07. The predicted octanol–water partition coefficient (Wildman–Crippen LogP) is 2.42. The maximum Gasteiger partial charge on any atom is 0.0518 e. The van der Waals surface area contributed by atoms with Crippen LogP contribution in [0, 0.1) is 5.92 Å². The highest BCUT2D eigenvalue weighted by Crippen LogP contribution is 2.19. The standard InChI is InChI=1S/C18H26N4/c1-15-10-17(19-11-18-8-9-20-21(18)2)14-22(12-15)13-16-6-4-3-5-7-16/h3-9,15,17,19H,10-14H2,1-2H3/t15-,17-/m0/s1. The zero-order chi connectivity index (χ0) is 15.4. The summed E-state index contributed by atoms with van der Waals surface area (Å²) in [5, 5.41) is 7.94. The Bertz CT molecular complexity index is 578. The van der Waals surface area contributed by atoms with E-state index in [0.717, 1.165) is 25.6 Å². The molecule has 2 aromatic rings. The molecule has 1 aromatic carbocycles. The molecule has 2 atom stereocenters. The Morgan fingerprint density at radius 1 is 1.18 bits per heavy atom. The number of aryl methyl sites for hydroxylation is 1. The number of piperidine rings is 1. The molecule has 0 saturated carbocycles. The first kappa shape index (κ1) is 15.3. The lowest BCUT2D eigenvalue weighted by Crippen LogP contribution is -2.48. The van der Waals surface area contributed by atoms with Gasteiger partial charge in [-0.2, -0.15) is 5.10 Å². The molecule has 1 saturated heterocycles. The highest BCUT2D eigenvalue weighted by molar-refractivity contribution is 5.14. The Morgan fingerprint density at radius 3 is 2.73 bits per heavy atom. The molecule has 4 nitrogen and oxygen atoms in total. The number of hydrogen-bond donors (Lipinski definition) is 1. The van der Waals surface area contributed by atoms with E-state index in [1.165, 1.54) is 24.2 Å². The van der Waals surface area contributed by atoms with Crippen LogP contribution in [0.5, 0.6) is 0 Å². The molecule has 1 aromatic heterocycles. The first-order valence-corrected chi connectivity index (χ1v) is 8.17. The summed E-state index contributed by atoms with van der Waals surface area (Å²) >= 11 is 0. The number of nitrogens with one attached hydrogen (secondary N) is 1. The molecular formula is C18H26N4. The number of likely N-dealkylation sites (tertiary alicyclic amines) is 1. The SMILES string of the molecule is C[C@H]1C[C@H](NCc2ccnn2C)CN(Cc2ccccc2)C1. The quantitative estimate of drug-likeness (QED) is 0.920. The van der Waals surface area contributed by atoms with Crippen molar-refractivity contribution in [3.63, 3.8) is 0 Å². The lowest BCUT2D eigenvalue weighted by atomic mass is 9.95. The van der Waals surface area contributed by atoms with Crippen LogP contribution in [0.1, 0.15) is 24.6 Å². The van der Waals surface area contributed by atoms with Crippen LogP contribution in [0.25, 0.3) is 0 Å². The number of rotatable bonds is 5. The largest absolute Gasteiger partial charge is 0.307 e. The third kappa shape index (κ3) is 3.96. The van der Waals surface area contributed by atoms with Crippen molar-refractivity contribution in [2.75, 3.05) is 13.1 Å². The maximum atomic E-state index is 4.23. The van der Waals surface area contributed by atoms with Gasteiger partial charge in [-0.3, -0.25) is 9.58 Å². The summed E-state index contributed by atoms with van der Waals surface area (Å²) in [6, 6.07) is 13.4. The summed E-state index contributed by atoms with van der Waals surface area (Å²) in [6.07, 6.45) is 3.12. The number of benzene rings is 1. The van der Waals surface area contributed by atoms with E-state index < -0.39 is 0 Å². The summed E-state index contributed by atoms with van der Waals surface area (Å²) in [5.74, 6) is 0.737. The normalized spacial score (nSPS) is 22.8. The van der Waals surface area contributed by atoms with Crippen LogP contribution in [0.4, 0.5) is 0 Å². The summed E-state index contributed by atoms with van der Waals surface area (Å²) in [7, 11) is 2.00. The van der Waals surface area contributed by atoms with Crippen molar-refractivity contribution in [2.24, 2.45) is 13.0 Å². The topological polar surface area (TPSA) is 33.1 Å². The Hall–Kier alpha value is -1.65. The second-order valence-electron chi connectivity index (χ2n) is 6.54. The molecular weight excluding hydrogens is 272 g/mol. The van der Waals surface area contributed by atoms with Gasteiger partial charge in [0.2, 0.25) is 0 Å². The second-order valence-corrected chi connectivity index (χ2v) is 6.54. The van der Waals surface area contributed by atoms with E-state index in [0.29, 0.717) is 6.04 Å². The summed E-state index contributed by atoms with van der Waals surface area (Å²) < 4.78 is 1.95. The van der Waals surface area contributed by atoms with Crippen LogP contribution >= 0.6 is 0 Å². The molecule has 0 bridgehead atoms. The molecule has 22 heavy (non-hydrogen) atoms. The van der Waals surface area contributed by atoms with Gasteiger partial charge in [0.1, 0.15) is 0 Å².